The maximum Gasteiger partial charge on any atom is 0.417 e. The highest BCUT2D eigenvalue weighted by atomic mass is 19.4. The Kier molecular flexibility index (Phi) is 14.0. The van der Waals surface area contributed by atoms with Gasteiger partial charge in [-0.25, -0.2) is 0 Å². The molecule has 0 radical (unpaired) electrons. The van der Waals surface area contributed by atoms with Gasteiger partial charge in [0.05, 0.1) is 17.2 Å². The van der Waals surface area contributed by atoms with Crippen LogP contribution in [0.3, 0.4) is 0 Å². The molecule has 0 spiro atoms. The molecule has 1 aliphatic rings. The predicted molar refractivity (Wildman–Crippen MR) is 131 cm³/mol. The van der Waals surface area contributed by atoms with Crippen LogP contribution in [-0.2, 0) is 12.6 Å². The molecule has 1 unspecified atom stereocenters. The second-order valence-corrected chi connectivity index (χ2v) is 7.85. The number of rotatable bonds is 4. The van der Waals surface area contributed by atoms with Gasteiger partial charge in [0, 0.05) is 29.3 Å². The van der Waals surface area contributed by atoms with Gasteiger partial charge in [0.15, 0.2) is 0 Å². The fourth-order valence-corrected chi connectivity index (χ4v) is 2.76. The maximum atomic E-state index is 12.3. The van der Waals surface area contributed by atoms with Gasteiger partial charge in [0.25, 0.3) is 0 Å². The lowest BCUT2D eigenvalue weighted by Crippen LogP contribution is -2.07. The lowest BCUT2D eigenvalue weighted by atomic mass is 10.0. The number of aromatic nitrogens is 2. The van der Waals surface area contributed by atoms with E-state index in [2.05, 4.69) is 49.5 Å². The van der Waals surface area contributed by atoms with Crippen LogP contribution in [-0.4, -0.2) is 9.97 Å². The van der Waals surface area contributed by atoms with Crippen LogP contribution in [0, 0.1) is 37.0 Å². The zero-order chi connectivity index (χ0) is 25.6. The molecule has 0 bridgehead atoms. The maximum absolute atomic E-state index is 12.3. The van der Waals surface area contributed by atoms with E-state index in [0.717, 1.165) is 30.5 Å². The van der Waals surface area contributed by atoms with Crippen molar-refractivity contribution in [1.29, 1.82) is 5.26 Å². The summed E-state index contributed by atoms with van der Waals surface area (Å²) in [6.45, 7) is 17.7. The molecule has 2 aromatic heterocycles. The number of halogens is 3. The molecule has 6 heteroatoms. The van der Waals surface area contributed by atoms with Crippen LogP contribution >= 0.6 is 0 Å². The van der Waals surface area contributed by atoms with Crippen molar-refractivity contribution in [3.8, 4) is 6.07 Å². The SMILES string of the molecule is C=C(C#N)c1cc(C(F)(F)F)cnc1C.CC.CCC(C)C1CC1.CCc1ccc(C)cn1. The van der Waals surface area contributed by atoms with Gasteiger partial charge in [-0.2, -0.15) is 18.4 Å². The minimum absolute atomic E-state index is 0.0221. The Morgan fingerprint density at radius 3 is 2.12 bits per heavy atom. The molecule has 2 heterocycles. The number of aryl methyl sites for hydroxylation is 3. The van der Waals surface area contributed by atoms with E-state index >= 15 is 0 Å². The Morgan fingerprint density at radius 2 is 1.76 bits per heavy atom. The third-order valence-corrected chi connectivity index (χ3v) is 5.28. The molecule has 1 aliphatic carbocycles. The Labute approximate surface area is 197 Å². The monoisotopic (exact) mass is 461 g/mol. The van der Waals surface area contributed by atoms with Crippen LogP contribution in [0.25, 0.3) is 5.57 Å². The average Bonchev–Trinajstić information content (AvgIpc) is 3.66. The first kappa shape index (κ1) is 30.3. The van der Waals surface area contributed by atoms with Crippen LogP contribution in [0.2, 0.25) is 0 Å². The van der Waals surface area contributed by atoms with Crippen LogP contribution in [0.4, 0.5) is 13.2 Å². The van der Waals surface area contributed by atoms with Crippen molar-refractivity contribution in [2.45, 2.75) is 80.3 Å². The van der Waals surface area contributed by atoms with Gasteiger partial charge in [-0.05, 0) is 62.6 Å². The van der Waals surface area contributed by atoms with Crippen molar-refractivity contribution >= 4 is 5.57 Å². The first-order valence-corrected chi connectivity index (χ1v) is 11.6. The summed E-state index contributed by atoms with van der Waals surface area (Å²) >= 11 is 0. The van der Waals surface area contributed by atoms with Crippen LogP contribution in [0.1, 0.15) is 82.0 Å². The molecule has 0 N–H and O–H groups in total. The molecule has 1 atom stereocenters. The molecule has 1 saturated carbocycles. The molecule has 182 valence electrons. The summed E-state index contributed by atoms with van der Waals surface area (Å²) in [7, 11) is 0. The Hall–Kier alpha value is -2.68. The molecule has 0 amide bonds. The van der Waals surface area contributed by atoms with E-state index in [0.29, 0.717) is 5.69 Å². The summed E-state index contributed by atoms with van der Waals surface area (Å²) in [4.78, 5) is 7.78. The molecule has 0 aliphatic heterocycles. The quantitative estimate of drug-likeness (QED) is 0.430. The number of hydrogen-bond donors (Lipinski definition) is 0. The van der Waals surface area contributed by atoms with Crippen molar-refractivity contribution in [1.82, 2.24) is 9.97 Å². The first-order chi connectivity index (χ1) is 15.5. The minimum Gasteiger partial charge on any atom is -0.261 e. The number of nitrogens with zero attached hydrogens (tertiary/aromatic N) is 3. The highest BCUT2D eigenvalue weighted by Crippen LogP contribution is 2.37. The summed E-state index contributed by atoms with van der Waals surface area (Å²) in [5, 5.41) is 8.55. The van der Waals surface area contributed by atoms with Crippen molar-refractivity contribution in [3.63, 3.8) is 0 Å². The molecule has 3 rings (SSSR count). The van der Waals surface area contributed by atoms with Gasteiger partial charge in [0.1, 0.15) is 0 Å². The third-order valence-electron chi connectivity index (χ3n) is 5.28. The van der Waals surface area contributed by atoms with E-state index in [1.54, 1.807) is 6.07 Å². The van der Waals surface area contributed by atoms with Crippen LogP contribution in [0.5, 0.6) is 0 Å². The highest BCUT2D eigenvalue weighted by molar-refractivity contribution is 5.76. The highest BCUT2D eigenvalue weighted by Gasteiger charge is 2.31. The van der Waals surface area contributed by atoms with Crippen LogP contribution in [0.15, 0.2) is 37.2 Å². The summed E-state index contributed by atoms with van der Waals surface area (Å²) in [6, 6.07) is 6.74. The Morgan fingerprint density at radius 1 is 1.15 bits per heavy atom. The first-order valence-electron chi connectivity index (χ1n) is 11.6. The summed E-state index contributed by atoms with van der Waals surface area (Å²) in [5.74, 6) is 2.13. The zero-order valence-electron chi connectivity index (χ0n) is 21.1. The van der Waals surface area contributed by atoms with E-state index in [1.165, 1.54) is 37.4 Å². The second kappa shape index (κ2) is 15.2. The van der Waals surface area contributed by atoms with Crippen LogP contribution < -0.4 is 0 Å². The topological polar surface area (TPSA) is 49.6 Å². The number of alkyl halides is 3. The molecular weight excluding hydrogens is 423 g/mol. The standard InChI is InChI=1S/C10H7F3N2.C8H11N.C7H14.C2H6/c1-6(4-14)9-3-8(10(11,12)13)5-15-7(9)2;1-3-8-5-4-7(2)6-9-8;1-3-6(2)7-4-5-7;1-2/h3,5H,1H2,2H3;4-6H,3H2,1-2H3;6-7H,3-5H2,1-2H3;1-2H3. The van der Waals surface area contributed by atoms with E-state index in [-0.39, 0.29) is 11.1 Å². The average molecular weight is 462 g/mol. The number of hydrogen-bond acceptors (Lipinski definition) is 3. The molecule has 0 saturated heterocycles. The molecule has 3 nitrogen and oxygen atoms in total. The number of pyridine rings is 2. The Balaban J connectivity index is 0.000000483. The molecule has 0 aromatic carbocycles. The number of nitriles is 1. The van der Waals surface area contributed by atoms with Crippen molar-refractivity contribution in [2.24, 2.45) is 11.8 Å². The van der Waals surface area contributed by atoms with Gasteiger partial charge < -0.3 is 0 Å². The third kappa shape index (κ3) is 11.7. The minimum atomic E-state index is -4.45. The smallest absolute Gasteiger partial charge is 0.261 e. The van der Waals surface area contributed by atoms with Gasteiger partial charge in [0.2, 0.25) is 0 Å². The fourth-order valence-electron chi connectivity index (χ4n) is 2.76. The lowest BCUT2D eigenvalue weighted by molar-refractivity contribution is -0.137. The fraction of sp³-hybridized carbons (Fsp3) is 0.519. The van der Waals surface area contributed by atoms with Crippen molar-refractivity contribution in [3.05, 3.63) is 65.2 Å². The zero-order valence-corrected chi connectivity index (χ0v) is 21.1. The lowest BCUT2D eigenvalue weighted by Gasteiger charge is -2.09. The van der Waals surface area contributed by atoms with Crippen molar-refractivity contribution < 1.29 is 13.2 Å². The Bertz CT molecular complexity index is 877. The van der Waals surface area contributed by atoms with E-state index in [9.17, 15) is 13.2 Å². The summed E-state index contributed by atoms with van der Waals surface area (Å²) in [6.07, 6.45) is 3.61. The second-order valence-electron chi connectivity index (χ2n) is 7.85. The van der Waals surface area contributed by atoms with Gasteiger partial charge >= 0.3 is 6.18 Å². The molecule has 2 aromatic rings. The summed E-state index contributed by atoms with van der Waals surface area (Å²) in [5.41, 5.74) is 1.99. The van der Waals surface area contributed by atoms with Gasteiger partial charge in [-0.1, -0.05) is 53.7 Å². The number of allylic oxidation sites excluding steroid dienone is 1. The normalized spacial score (nSPS) is 13.0. The van der Waals surface area contributed by atoms with E-state index in [1.807, 2.05) is 27.0 Å². The molecule has 1 fully saturated rings. The van der Waals surface area contributed by atoms with E-state index < -0.39 is 11.7 Å². The predicted octanol–water partition coefficient (Wildman–Crippen LogP) is 8.37. The van der Waals surface area contributed by atoms with Gasteiger partial charge in [-0.3, -0.25) is 9.97 Å². The van der Waals surface area contributed by atoms with Crippen molar-refractivity contribution in [2.75, 3.05) is 0 Å². The summed E-state index contributed by atoms with van der Waals surface area (Å²) < 4.78 is 36.9. The van der Waals surface area contributed by atoms with E-state index in [4.69, 9.17) is 5.26 Å². The molecular formula is C27H38F3N3. The molecule has 33 heavy (non-hydrogen) atoms. The largest absolute Gasteiger partial charge is 0.417 e. The van der Waals surface area contributed by atoms with Gasteiger partial charge in [-0.15, -0.1) is 0 Å².